The number of hydrogen-bond donors (Lipinski definition) is 0. The van der Waals surface area contributed by atoms with Crippen molar-refractivity contribution >= 4 is 35.4 Å². The molecule has 2 amide bonds. The predicted octanol–water partition coefficient (Wildman–Crippen LogP) is 9.95. The Kier molecular flexibility index (Phi) is 15.7. The Morgan fingerprint density at radius 3 is 1.17 bits per heavy atom. The van der Waals surface area contributed by atoms with Gasteiger partial charge >= 0.3 is 36.9 Å². The minimum atomic E-state index is -5.76. The van der Waals surface area contributed by atoms with Crippen LogP contribution in [0.1, 0.15) is 45.7 Å². The van der Waals surface area contributed by atoms with Gasteiger partial charge < -0.3 is 28.1 Å². The second kappa shape index (κ2) is 20.1. The summed E-state index contributed by atoms with van der Waals surface area (Å²) in [7, 11) is 0. The number of halogens is 14. The lowest BCUT2D eigenvalue weighted by molar-refractivity contribution is -0.309. The molecule has 0 atom stereocenters. The van der Waals surface area contributed by atoms with Crippen molar-refractivity contribution in [1.82, 2.24) is 29.6 Å². The van der Waals surface area contributed by atoms with Crippen LogP contribution in [-0.2, 0) is 9.47 Å². The molecule has 2 aromatic carbocycles. The second-order valence-electron chi connectivity index (χ2n) is 14.4. The molecule has 0 unspecified atom stereocenters. The molecule has 12 nitrogen and oxygen atoms in total. The highest BCUT2D eigenvalue weighted by molar-refractivity contribution is 6.31. The van der Waals surface area contributed by atoms with Crippen LogP contribution in [0.15, 0.2) is 70.5 Å². The number of hydrogen-bond acceptors (Lipinski definition) is 10. The number of carbonyl (C=O) groups is 2. The lowest BCUT2D eigenvalue weighted by Gasteiger charge is -2.40. The summed E-state index contributed by atoms with van der Waals surface area (Å²) < 4.78 is 170. The Bertz CT molecular complexity index is 2040. The van der Waals surface area contributed by atoms with Crippen LogP contribution in [0.4, 0.5) is 62.3 Å². The zero-order valence-electron chi connectivity index (χ0n) is 33.2. The van der Waals surface area contributed by atoms with E-state index in [1.165, 1.54) is 25.3 Å². The van der Waals surface area contributed by atoms with Crippen LogP contribution in [0.5, 0.6) is 0 Å². The van der Waals surface area contributed by atoms with Gasteiger partial charge in [0.15, 0.2) is 12.8 Å². The summed E-state index contributed by atoms with van der Waals surface area (Å²) in [5.74, 6) is 0. The van der Waals surface area contributed by atoms with E-state index in [0.717, 1.165) is 32.1 Å². The Hall–Kier alpha value is -4.94. The summed E-state index contributed by atoms with van der Waals surface area (Å²) >= 11 is 12.2. The molecule has 0 aliphatic carbocycles. The Morgan fingerprint density at radius 2 is 0.891 bits per heavy atom. The van der Waals surface area contributed by atoms with Gasteiger partial charge in [-0.05, 0) is 60.4 Å². The maximum atomic E-state index is 12.8. The van der Waals surface area contributed by atoms with Gasteiger partial charge in [-0.15, -0.1) is 0 Å². The van der Waals surface area contributed by atoms with Gasteiger partial charge in [0.25, 0.3) is 12.2 Å². The van der Waals surface area contributed by atoms with Crippen LogP contribution in [0, 0.1) is 13.8 Å². The van der Waals surface area contributed by atoms with E-state index in [1.54, 1.807) is 29.2 Å². The van der Waals surface area contributed by atoms with Gasteiger partial charge in [-0.25, -0.2) is 19.6 Å². The van der Waals surface area contributed by atoms with Crippen molar-refractivity contribution in [2.24, 2.45) is 0 Å². The van der Waals surface area contributed by atoms with Crippen molar-refractivity contribution in [2.45, 2.75) is 62.8 Å². The number of carbonyl (C=O) groups excluding carboxylic acids is 2. The molecule has 0 saturated carbocycles. The van der Waals surface area contributed by atoms with Crippen molar-refractivity contribution in [3.05, 3.63) is 105 Å². The van der Waals surface area contributed by atoms with Crippen molar-refractivity contribution < 1.29 is 80.6 Å². The number of benzene rings is 2. The largest absolute Gasteiger partial charge is 0.451 e. The number of ether oxygens (including phenoxy) is 2. The van der Waals surface area contributed by atoms with E-state index < -0.39 is 55.1 Å². The van der Waals surface area contributed by atoms with Crippen LogP contribution in [-0.4, -0.2) is 131 Å². The van der Waals surface area contributed by atoms with Gasteiger partial charge in [0.1, 0.15) is 30.0 Å². The molecule has 2 aliphatic heterocycles. The van der Waals surface area contributed by atoms with Gasteiger partial charge in [-0.3, -0.25) is 9.80 Å². The highest BCUT2D eigenvalue weighted by atomic mass is 35.5. The highest BCUT2D eigenvalue weighted by Crippen LogP contribution is 2.39. The molecular weight excluding hydrogens is 935 g/mol. The predicted molar refractivity (Wildman–Crippen MR) is 200 cm³/mol. The molecule has 26 heteroatoms. The van der Waals surface area contributed by atoms with Gasteiger partial charge in [0, 0.05) is 62.4 Å². The van der Waals surface area contributed by atoms with Gasteiger partial charge in [-0.1, -0.05) is 35.3 Å². The number of amides is 2. The summed E-state index contributed by atoms with van der Waals surface area (Å²) in [5.41, 5.74) is 4.59. The third kappa shape index (κ3) is 12.7. The van der Waals surface area contributed by atoms with Crippen LogP contribution < -0.4 is 0 Å². The number of rotatable bonds is 8. The number of oxazole rings is 2. The molecule has 4 heterocycles. The minimum Gasteiger partial charge on any atom is -0.451 e. The molecule has 6 rings (SSSR count). The van der Waals surface area contributed by atoms with Crippen molar-refractivity contribution in [2.75, 3.05) is 52.4 Å². The Balaban J connectivity index is 0.000000245. The van der Waals surface area contributed by atoms with E-state index in [2.05, 4.69) is 19.4 Å². The van der Waals surface area contributed by atoms with Gasteiger partial charge in [-0.2, -0.15) is 52.7 Å². The first-order valence-corrected chi connectivity index (χ1v) is 19.5. The van der Waals surface area contributed by atoms with Crippen LogP contribution >= 0.6 is 23.2 Å². The van der Waals surface area contributed by atoms with E-state index in [9.17, 15) is 62.3 Å². The number of aromatic nitrogens is 2. The number of piperazine rings is 2. The molecule has 0 radical (unpaired) electrons. The fourth-order valence-corrected chi connectivity index (χ4v) is 7.46. The molecule has 0 spiro atoms. The lowest BCUT2D eigenvalue weighted by Crippen LogP contribution is -2.53. The molecular formula is C38H36Cl2F12N6O6. The fraction of sp³-hybridized carbons (Fsp3) is 0.474. The zero-order valence-corrected chi connectivity index (χ0v) is 34.7. The fourth-order valence-electron chi connectivity index (χ4n) is 7.01. The molecule has 0 N–H and O–H groups in total. The van der Waals surface area contributed by atoms with E-state index in [4.69, 9.17) is 32.0 Å². The van der Waals surface area contributed by atoms with Gasteiger partial charge in [0.2, 0.25) is 0 Å². The monoisotopic (exact) mass is 970 g/mol. The second-order valence-corrected chi connectivity index (χ2v) is 15.2. The van der Waals surface area contributed by atoms with Crippen molar-refractivity contribution in [3.8, 4) is 0 Å². The first kappa shape index (κ1) is 50.1. The number of aryl methyl sites for hydroxylation is 2. The normalized spacial score (nSPS) is 16.1. The van der Waals surface area contributed by atoms with E-state index in [1.807, 2.05) is 30.9 Å². The summed E-state index contributed by atoms with van der Waals surface area (Å²) in [6, 6.07) is 10.00. The summed E-state index contributed by atoms with van der Waals surface area (Å²) in [4.78, 5) is 37.5. The molecule has 64 heavy (non-hydrogen) atoms. The topological polar surface area (TPSA) is 118 Å². The third-order valence-corrected chi connectivity index (χ3v) is 10.5. The first-order chi connectivity index (χ1) is 29.8. The SMILES string of the molecule is Cc1cc(Cl)ccc1C(c1ccc(Cl)cc1C)N1CCN(C(=O)OC(C(F)(F)F)C(F)(F)F)CC1.O=C(OC(C(F)(F)F)C(F)(F)F)N1CCN(C(c2cocn2)c2cocn2)CC1. The summed E-state index contributed by atoms with van der Waals surface area (Å²) in [5, 5.41) is 1.10. The van der Waals surface area contributed by atoms with Crippen LogP contribution in [0.25, 0.3) is 0 Å². The summed E-state index contributed by atoms with van der Waals surface area (Å²) in [6.45, 7) is 3.83. The number of nitrogens with zero attached hydrogens (tertiary/aromatic N) is 6. The standard InChI is InChI=1S/C23H22Cl2F6N2O2.C15H14F6N4O4/c1-13-11-15(24)3-5-17(13)19(18-6-4-16(25)12-14(18)2)32-7-9-33(10-8-32)21(34)35-20(22(26,27)28)23(29,30)31;16-14(17,18)12(15(19,20)21)29-13(26)25-3-1-24(2-4-25)11(9-5-27-7-22-9)10-6-28-8-23-10/h3-6,11-12,19-20H,7-10H2,1-2H3;5-8,11-12H,1-4H2. The van der Waals surface area contributed by atoms with Crippen LogP contribution in [0.3, 0.4) is 0 Å². The first-order valence-electron chi connectivity index (χ1n) is 18.7. The molecule has 4 aromatic rings. The smallest absolute Gasteiger partial charge is 0.434 e. The molecule has 0 bridgehead atoms. The van der Waals surface area contributed by atoms with Gasteiger partial charge in [0.05, 0.1) is 6.04 Å². The zero-order chi connectivity index (χ0) is 47.4. The van der Waals surface area contributed by atoms with Crippen molar-refractivity contribution in [3.63, 3.8) is 0 Å². The molecule has 2 aliphatic rings. The quantitative estimate of drug-likeness (QED) is 0.158. The third-order valence-electron chi connectivity index (χ3n) is 10.0. The number of alkyl halides is 12. The molecule has 352 valence electrons. The maximum Gasteiger partial charge on any atom is 0.434 e. The molecule has 2 fully saturated rings. The average molecular weight is 972 g/mol. The Morgan fingerprint density at radius 1 is 0.562 bits per heavy atom. The molecule has 2 saturated heterocycles. The minimum absolute atomic E-state index is 0.113. The van der Waals surface area contributed by atoms with Crippen molar-refractivity contribution in [1.29, 1.82) is 0 Å². The highest BCUT2D eigenvalue weighted by Gasteiger charge is 2.61. The lowest BCUT2D eigenvalue weighted by atomic mass is 9.90. The van der Waals surface area contributed by atoms with E-state index in [0.29, 0.717) is 21.4 Å². The molecule has 2 aromatic heterocycles. The van der Waals surface area contributed by atoms with E-state index in [-0.39, 0.29) is 58.4 Å². The van der Waals surface area contributed by atoms with Crippen LogP contribution in [0.2, 0.25) is 10.0 Å². The summed E-state index contributed by atoms with van der Waals surface area (Å²) in [6.07, 6.45) is -29.6. The Labute approximate surface area is 365 Å². The average Bonchev–Trinajstić information content (AvgIpc) is 3.93. The van der Waals surface area contributed by atoms with E-state index >= 15 is 0 Å². The maximum absolute atomic E-state index is 12.8.